The summed E-state index contributed by atoms with van der Waals surface area (Å²) in [6.45, 7) is 0. The van der Waals surface area contributed by atoms with Crippen LogP contribution in [0.15, 0.2) is 24.4 Å². The van der Waals surface area contributed by atoms with Crippen molar-refractivity contribution >= 4 is 34.8 Å². The van der Waals surface area contributed by atoms with Gasteiger partial charge >= 0.3 is 6.18 Å². The molecule has 1 aromatic carbocycles. The molecule has 2 rings (SSSR count). The molecular formula is C14H6Cl3F3N2. The van der Waals surface area contributed by atoms with Gasteiger partial charge in [0.1, 0.15) is 0 Å². The van der Waals surface area contributed by atoms with Crippen molar-refractivity contribution in [1.82, 2.24) is 4.98 Å². The number of rotatable bonds is 2. The van der Waals surface area contributed by atoms with Gasteiger partial charge in [-0.1, -0.05) is 34.8 Å². The molecule has 0 amide bonds. The lowest BCUT2D eigenvalue weighted by molar-refractivity contribution is -0.137. The number of hydrogen-bond acceptors (Lipinski definition) is 2. The van der Waals surface area contributed by atoms with Crippen molar-refractivity contribution in [1.29, 1.82) is 5.26 Å². The molecule has 0 aliphatic carbocycles. The molecule has 0 aliphatic rings. The second-order valence-electron chi connectivity index (χ2n) is 4.31. The van der Waals surface area contributed by atoms with Crippen molar-refractivity contribution < 1.29 is 13.2 Å². The Kier molecular flexibility index (Phi) is 4.86. The lowest BCUT2D eigenvalue weighted by atomic mass is 10.0. The number of aromatic nitrogens is 1. The number of nitrogens with zero attached hydrogens (tertiary/aromatic N) is 2. The number of alkyl halides is 3. The molecule has 8 heteroatoms. The molecule has 0 saturated carbocycles. The quantitative estimate of drug-likeness (QED) is 0.631. The Balaban J connectivity index is 2.68. The zero-order valence-corrected chi connectivity index (χ0v) is 12.9. The van der Waals surface area contributed by atoms with Crippen molar-refractivity contribution in [3.63, 3.8) is 0 Å². The Labute approximate surface area is 139 Å². The van der Waals surface area contributed by atoms with E-state index in [0.717, 1.165) is 6.07 Å². The van der Waals surface area contributed by atoms with Crippen LogP contribution in [0.3, 0.4) is 0 Å². The summed E-state index contributed by atoms with van der Waals surface area (Å²) in [4.78, 5) is 3.80. The maximum absolute atomic E-state index is 12.8. The van der Waals surface area contributed by atoms with Gasteiger partial charge in [0.2, 0.25) is 0 Å². The van der Waals surface area contributed by atoms with Gasteiger partial charge in [0.15, 0.2) is 0 Å². The third-order valence-corrected chi connectivity index (χ3v) is 3.83. The highest BCUT2D eigenvalue weighted by Crippen LogP contribution is 2.38. The Morgan fingerprint density at radius 3 is 2.41 bits per heavy atom. The zero-order chi connectivity index (χ0) is 16.5. The molecule has 0 fully saturated rings. The van der Waals surface area contributed by atoms with Crippen LogP contribution in [0, 0.1) is 11.3 Å². The average Bonchev–Trinajstić information content (AvgIpc) is 2.42. The van der Waals surface area contributed by atoms with E-state index < -0.39 is 11.7 Å². The first-order valence-electron chi connectivity index (χ1n) is 5.82. The summed E-state index contributed by atoms with van der Waals surface area (Å²) in [6, 6.07) is 5.52. The van der Waals surface area contributed by atoms with Gasteiger partial charge in [0.05, 0.1) is 33.8 Å². The fraction of sp³-hybridized carbons (Fsp3) is 0.143. The van der Waals surface area contributed by atoms with E-state index in [2.05, 4.69) is 4.98 Å². The standard InChI is InChI=1S/C14H6Cl3F3N2/c15-9-4-10(12(17)11(16)5-9)13-7(1-2-21)3-8(6-22-13)14(18,19)20/h3-6H,1H2. The zero-order valence-electron chi connectivity index (χ0n) is 10.7. The molecule has 0 aliphatic heterocycles. The van der Waals surface area contributed by atoms with Crippen LogP contribution in [0.25, 0.3) is 11.3 Å². The number of nitriles is 1. The minimum absolute atomic E-state index is 0.0950. The minimum atomic E-state index is -4.55. The third-order valence-electron chi connectivity index (χ3n) is 2.81. The predicted molar refractivity (Wildman–Crippen MR) is 79.0 cm³/mol. The molecule has 2 nitrogen and oxygen atoms in total. The van der Waals surface area contributed by atoms with Crippen LogP contribution in [0.2, 0.25) is 15.1 Å². The second kappa shape index (κ2) is 6.33. The fourth-order valence-corrected chi connectivity index (χ4v) is 2.55. The summed E-state index contributed by atoms with van der Waals surface area (Å²) < 4.78 is 38.3. The second-order valence-corrected chi connectivity index (χ2v) is 5.54. The molecule has 1 aromatic heterocycles. The van der Waals surface area contributed by atoms with Gasteiger partial charge in [0.25, 0.3) is 0 Å². The molecule has 0 spiro atoms. The summed E-state index contributed by atoms with van der Waals surface area (Å²) in [6.07, 6.45) is -4.13. The number of benzene rings is 1. The van der Waals surface area contributed by atoms with Crippen molar-refractivity contribution in [2.45, 2.75) is 12.6 Å². The summed E-state index contributed by atoms with van der Waals surface area (Å²) in [5.74, 6) is 0. The van der Waals surface area contributed by atoms with Gasteiger partial charge < -0.3 is 0 Å². The third kappa shape index (κ3) is 3.46. The van der Waals surface area contributed by atoms with Crippen LogP contribution >= 0.6 is 34.8 Å². The van der Waals surface area contributed by atoms with Gasteiger partial charge in [-0.05, 0) is 23.8 Å². The van der Waals surface area contributed by atoms with Crippen molar-refractivity contribution in [2.75, 3.05) is 0 Å². The van der Waals surface area contributed by atoms with Crippen LogP contribution in [0.5, 0.6) is 0 Å². The van der Waals surface area contributed by atoms with Gasteiger partial charge in [0, 0.05) is 16.8 Å². The molecule has 0 radical (unpaired) electrons. The SMILES string of the molecule is N#CCc1cc(C(F)(F)F)cnc1-c1cc(Cl)cc(Cl)c1Cl. The maximum atomic E-state index is 12.8. The summed E-state index contributed by atoms with van der Waals surface area (Å²) in [5, 5.41) is 9.33. The topological polar surface area (TPSA) is 36.7 Å². The van der Waals surface area contributed by atoms with Crippen molar-refractivity contribution in [2.24, 2.45) is 0 Å². The van der Waals surface area contributed by atoms with E-state index >= 15 is 0 Å². The molecule has 114 valence electrons. The minimum Gasteiger partial charge on any atom is -0.255 e. The molecule has 2 aromatic rings. The van der Waals surface area contributed by atoms with E-state index in [1.165, 1.54) is 12.1 Å². The van der Waals surface area contributed by atoms with E-state index in [1.54, 1.807) is 6.07 Å². The van der Waals surface area contributed by atoms with Crippen LogP contribution < -0.4 is 0 Å². The molecular weight excluding hydrogens is 360 g/mol. The summed E-state index contributed by atoms with van der Waals surface area (Å²) in [5.41, 5.74) is -0.426. The van der Waals surface area contributed by atoms with Crippen molar-refractivity contribution in [3.05, 3.63) is 50.6 Å². The average molecular weight is 366 g/mol. The molecule has 0 saturated heterocycles. The van der Waals surface area contributed by atoms with Gasteiger partial charge in [-0.2, -0.15) is 18.4 Å². The Hall–Kier alpha value is -1.48. The van der Waals surface area contributed by atoms with Crippen LogP contribution in [-0.4, -0.2) is 4.98 Å². The van der Waals surface area contributed by atoms with E-state index in [-0.39, 0.29) is 38.3 Å². The van der Waals surface area contributed by atoms with E-state index in [0.29, 0.717) is 6.20 Å². The molecule has 0 atom stereocenters. The monoisotopic (exact) mass is 364 g/mol. The molecule has 1 heterocycles. The van der Waals surface area contributed by atoms with Crippen LogP contribution in [0.1, 0.15) is 11.1 Å². The lowest BCUT2D eigenvalue weighted by Gasteiger charge is -2.13. The van der Waals surface area contributed by atoms with Crippen molar-refractivity contribution in [3.8, 4) is 17.3 Å². The highest BCUT2D eigenvalue weighted by Gasteiger charge is 2.32. The normalized spacial score (nSPS) is 11.3. The number of pyridine rings is 1. The van der Waals surface area contributed by atoms with Gasteiger partial charge in [-0.3, -0.25) is 4.98 Å². The summed E-state index contributed by atoms with van der Waals surface area (Å²) >= 11 is 17.9. The first kappa shape index (κ1) is 16.9. The Morgan fingerprint density at radius 2 is 1.82 bits per heavy atom. The predicted octanol–water partition coefficient (Wildman–Crippen LogP) is 5.79. The van der Waals surface area contributed by atoms with E-state index in [1.807, 2.05) is 0 Å². The van der Waals surface area contributed by atoms with Gasteiger partial charge in [-0.15, -0.1) is 0 Å². The highest BCUT2D eigenvalue weighted by atomic mass is 35.5. The fourth-order valence-electron chi connectivity index (χ4n) is 1.86. The number of hydrogen-bond donors (Lipinski definition) is 0. The molecule has 0 unspecified atom stereocenters. The molecule has 0 bridgehead atoms. The smallest absolute Gasteiger partial charge is 0.255 e. The van der Waals surface area contributed by atoms with E-state index in [4.69, 9.17) is 40.1 Å². The lowest BCUT2D eigenvalue weighted by Crippen LogP contribution is -2.07. The van der Waals surface area contributed by atoms with Gasteiger partial charge in [-0.25, -0.2) is 0 Å². The first-order valence-corrected chi connectivity index (χ1v) is 6.95. The number of halogens is 6. The first-order chi connectivity index (χ1) is 10.2. The highest BCUT2D eigenvalue weighted by molar-refractivity contribution is 6.45. The molecule has 0 N–H and O–H groups in total. The largest absolute Gasteiger partial charge is 0.417 e. The Morgan fingerprint density at radius 1 is 1.14 bits per heavy atom. The maximum Gasteiger partial charge on any atom is 0.417 e. The van der Waals surface area contributed by atoms with Crippen LogP contribution in [-0.2, 0) is 12.6 Å². The molecule has 22 heavy (non-hydrogen) atoms. The van der Waals surface area contributed by atoms with Crippen LogP contribution in [0.4, 0.5) is 13.2 Å². The summed E-state index contributed by atoms with van der Waals surface area (Å²) in [7, 11) is 0. The van der Waals surface area contributed by atoms with E-state index in [9.17, 15) is 13.2 Å². The Bertz CT molecular complexity index is 767.